The Morgan fingerprint density at radius 3 is 2.92 bits per heavy atom. The van der Waals surface area contributed by atoms with Crippen molar-refractivity contribution in [3.05, 3.63) is 18.3 Å². The van der Waals surface area contributed by atoms with Gasteiger partial charge >= 0.3 is 0 Å². The van der Waals surface area contributed by atoms with E-state index in [4.69, 9.17) is 4.74 Å². The molecule has 0 aromatic carbocycles. The van der Waals surface area contributed by atoms with Crippen LogP contribution in [0.5, 0.6) is 0 Å². The highest BCUT2D eigenvalue weighted by atomic mass is 19.1. The van der Waals surface area contributed by atoms with Crippen molar-refractivity contribution in [2.75, 3.05) is 25.6 Å². The predicted octanol–water partition coefficient (Wildman–Crippen LogP) is 1.06. The minimum Gasteiger partial charge on any atom is -0.385 e. The maximum atomic E-state index is 12.3. The Labute approximate surface area is 76.2 Å². The zero-order valence-electron chi connectivity index (χ0n) is 7.46. The van der Waals surface area contributed by atoms with E-state index in [1.54, 1.807) is 7.11 Å². The lowest BCUT2D eigenvalue weighted by molar-refractivity contribution is 0.197. The monoisotopic (exact) mass is 185 g/mol. The van der Waals surface area contributed by atoms with Crippen LogP contribution in [0.1, 0.15) is 6.42 Å². The molecular formula is C8H12FN3O. The Balaban J connectivity index is 2.25. The molecule has 0 aliphatic carbocycles. The van der Waals surface area contributed by atoms with Crippen LogP contribution in [0.25, 0.3) is 0 Å². The van der Waals surface area contributed by atoms with Gasteiger partial charge in [0.1, 0.15) is 5.82 Å². The number of halogens is 1. The molecular weight excluding hydrogens is 173 g/mol. The first-order chi connectivity index (χ1) is 6.33. The number of ether oxygens (including phenoxy) is 1. The second-order valence-electron chi connectivity index (χ2n) is 2.50. The van der Waals surface area contributed by atoms with Crippen LogP contribution < -0.4 is 5.32 Å². The quantitative estimate of drug-likeness (QED) is 0.697. The summed E-state index contributed by atoms with van der Waals surface area (Å²) in [6, 6.07) is 0. The standard InChI is InChI=1S/C8H12FN3O/c1-13-4-2-3-10-8-6-11-7(9)5-12-8/h5-6H,2-4H2,1H3,(H,10,12). The molecule has 1 heterocycles. The van der Waals surface area contributed by atoms with E-state index in [1.807, 2.05) is 0 Å². The summed E-state index contributed by atoms with van der Waals surface area (Å²) in [5.74, 6) is 0.0138. The lowest BCUT2D eigenvalue weighted by atomic mass is 10.4. The predicted molar refractivity (Wildman–Crippen MR) is 47.0 cm³/mol. The van der Waals surface area contributed by atoms with E-state index in [0.717, 1.165) is 19.2 Å². The van der Waals surface area contributed by atoms with E-state index >= 15 is 0 Å². The summed E-state index contributed by atoms with van der Waals surface area (Å²) < 4.78 is 17.2. The van der Waals surface area contributed by atoms with Crippen molar-refractivity contribution in [3.63, 3.8) is 0 Å². The maximum Gasteiger partial charge on any atom is 0.231 e. The Morgan fingerprint density at radius 1 is 1.46 bits per heavy atom. The fraction of sp³-hybridized carbons (Fsp3) is 0.500. The van der Waals surface area contributed by atoms with Gasteiger partial charge in [-0.25, -0.2) is 9.97 Å². The number of nitrogens with zero attached hydrogens (tertiary/aromatic N) is 2. The van der Waals surface area contributed by atoms with E-state index in [9.17, 15) is 4.39 Å². The summed E-state index contributed by atoms with van der Waals surface area (Å²) in [5, 5.41) is 2.99. The highest BCUT2D eigenvalue weighted by Crippen LogP contribution is 1.99. The van der Waals surface area contributed by atoms with E-state index in [1.165, 1.54) is 6.20 Å². The minimum atomic E-state index is -0.567. The molecule has 13 heavy (non-hydrogen) atoms. The molecule has 0 saturated heterocycles. The number of rotatable bonds is 5. The fourth-order valence-electron chi connectivity index (χ4n) is 0.837. The molecule has 0 radical (unpaired) electrons. The lowest BCUT2D eigenvalue weighted by Crippen LogP contribution is -2.06. The van der Waals surface area contributed by atoms with Crippen LogP contribution >= 0.6 is 0 Å². The molecule has 72 valence electrons. The Hall–Kier alpha value is -1.23. The normalized spacial score (nSPS) is 10.0. The van der Waals surface area contributed by atoms with Crippen molar-refractivity contribution >= 4 is 5.82 Å². The third kappa shape index (κ3) is 3.80. The zero-order valence-corrected chi connectivity index (χ0v) is 7.46. The van der Waals surface area contributed by atoms with Gasteiger partial charge in [-0.15, -0.1) is 0 Å². The van der Waals surface area contributed by atoms with Gasteiger partial charge in [0.15, 0.2) is 0 Å². The van der Waals surface area contributed by atoms with Crippen molar-refractivity contribution in [2.45, 2.75) is 6.42 Å². The highest BCUT2D eigenvalue weighted by Gasteiger charge is 1.94. The number of anilines is 1. The van der Waals surface area contributed by atoms with Crippen molar-refractivity contribution in [1.29, 1.82) is 0 Å². The highest BCUT2D eigenvalue weighted by molar-refractivity contribution is 5.29. The van der Waals surface area contributed by atoms with Gasteiger partial charge < -0.3 is 10.1 Å². The zero-order chi connectivity index (χ0) is 9.52. The minimum absolute atomic E-state index is 0.567. The Morgan fingerprint density at radius 2 is 2.31 bits per heavy atom. The first-order valence-corrected chi connectivity index (χ1v) is 4.03. The van der Waals surface area contributed by atoms with E-state index in [2.05, 4.69) is 15.3 Å². The average Bonchev–Trinajstić information content (AvgIpc) is 2.15. The van der Waals surface area contributed by atoms with Crippen LogP contribution in [-0.2, 0) is 4.74 Å². The molecule has 1 aromatic heterocycles. The summed E-state index contributed by atoms with van der Waals surface area (Å²) in [7, 11) is 1.65. The van der Waals surface area contributed by atoms with Gasteiger partial charge in [-0.2, -0.15) is 4.39 Å². The maximum absolute atomic E-state index is 12.3. The largest absolute Gasteiger partial charge is 0.385 e. The molecule has 0 saturated carbocycles. The number of nitrogens with one attached hydrogen (secondary N) is 1. The van der Waals surface area contributed by atoms with Gasteiger partial charge in [-0.1, -0.05) is 0 Å². The first kappa shape index (κ1) is 9.85. The molecule has 0 amide bonds. The van der Waals surface area contributed by atoms with Gasteiger partial charge in [0.05, 0.1) is 12.4 Å². The number of hydrogen-bond donors (Lipinski definition) is 1. The van der Waals surface area contributed by atoms with Crippen LogP contribution in [0.3, 0.4) is 0 Å². The number of methoxy groups -OCH3 is 1. The first-order valence-electron chi connectivity index (χ1n) is 4.03. The van der Waals surface area contributed by atoms with Crippen LogP contribution in [0.2, 0.25) is 0 Å². The summed E-state index contributed by atoms with van der Waals surface area (Å²) in [6.45, 7) is 1.44. The van der Waals surface area contributed by atoms with E-state index in [-0.39, 0.29) is 0 Å². The summed E-state index contributed by atoms with van der Waals surface area (Å²) in [6.07, 6.45) is 3.33. The Bertz CT molecular complexity index is 240. The molecule has 0 aliphatic rings. The van der Waals surface area contributed by atoms with Gasteiger partial charge in [-0.3, -0.25) is 0 Å². The molecule has 5 heteroatoms. The molecule has 1 aromatic rings. The number of hydrogen-bond acceptors (Lipinski definition) is 4. The Kier molecular flexibility index (Phi) is 4.11. The van der Waals surface area contributed by atoms with E-state index < -0.39 is 5.95 Å². The smallest absolute Gasteiger partial charge is 0.231 e. The summed E-state index contributed by atoms with van der Waals surface area (Å²) in [5.41, 5.74) is 0. The molecule has 0 fully saturated rings. The molecule has 0 aliphatic heterocycles. The van der Waals surface area contributed by atoms with Crippen LogP contribution in [0, 0.1) is 5.95 Å². The van der Waals surface area contributed by atoms with Crippen molar-refractivity contribution < 1.29 is 9.13 Å². The van der Waals surface area contributed by atoms with Crippen LogP contribution in [-0.4, -0.2) is 30.2 Å². The van der Waals surface area contributed by atoms with E-state index in [0.29, 0.717) is 12.4 Å². The molecule has 1 N–H and O–H groups in total. The molecule has 0 bridgehead atoms. The summed E-state index contributed by atoms with van der Waals surface area (Å²) in [4.78, 5) is 7.24. The van der Waals surface area contributed by atoms with Crippen LogP contribution in [0.4, 0.5) is 10.2 Å². The fourth-order valence-corrected chi connectivity index (χ4v) is 0.837. The number of aromatic nitrogens is 2. The molecule has 0 spiro atoms. The van der Waals surface area contributed by atoms with Gasteiger partial charge in [0.2, 0.25) is 5.95 Å². The topological polar surface area (TPSA) is 47.0 Å². The van der Waals surface area contributed by atoms with Gasteiger partial charge in [-0.05, 0) is 6.42 Å². The molecule has 4 nitrogen and oxygen atoms in total. The van der Waals surface area contributed by atoms with Crippen molar-refractivity contribution in [2.24, 2.45) is 0 Å². The third-order valence-electron chi connectivity index (χ3n) is 1.45. The van der Waals surface area contributed by atoms with Crippen molar-refractivity contribution in [3.8, 4) is 0 Å². The van der Waals surface area contributed by atoms with Gasteiger partial charge in [0, 0.05) is 20.3 Å². The molecule has 0 unspecified atom stereocenters. The average molecular weight is 185 g/mol. The molecule has 1 rings (SSSR count). The SMILES string of the molecule is COCCCNc1cnc(F)cn1. The summed E-state index contributed by atoms with van der Waals surface area (Å²) >= 11 is 0. The van der Waals surface area contributed by atoms with Gasteiger partial charge in [0.25, 0.3) is 0 Å². The second-order valence-corrected chi connectivity index (χ2v) is 2.50. The molecule has 0 atom stereocenters. The lowest BCUT2D eigenvalue weighted by Gasteiger charge is -2.03. The van der Waals surface area contributed by atoms with Crippen molar-refractivity contribution in [1.82, 2.24) is 9.97 Å². The van der Waals surface area contributed by atoms with Crippen LogP contribution in [0.15, 0.2) is 12.4 Å². The second kappa shape index (κ2) is 5.42. The third-order valence-corrected chi connectivity index (χ3v) is 1.45.